The maximum atomic E-state index is 13.6. The molecule has 2 heterocycles. The predicted molar refractivity (Wildman–Crippen MR) is 130 cm³/mol. The molecule has 1 aliphatic carbocycles. The Labute approximate surface area is 213 Å². The molecule has 10 nitrogen and oxygen atoms in total. The fourth-order valence-electron chi connectivity index (χ4n) is 4.64. The summed E-state index contributed by atoms with van der Waals surface area (Å²) in [6, 6.07) is 4.29. The third kappa shape index (κ3) is 5.05. The van der Waals surface area contributed by atoms with Gasteiger partial charge < -0.3 is 20.5 Å². The van der Waals surface area contributed by atoms with Crippen LogP contribution in [0.15, 0.2) is 27.6 Å². The van der Waals surface area contributed by atoms with Crippen molar-refractivity contribution in [3.63, 3.8) is 0 Å². The molecule has 1 aromatic carbocycles. The standard InChI is InChI=1S/C22H27Cl2N5O5S/c1-12-19(13(2)34-27-12)35(32,33)29-10-9-28(22(31)14-3-8-17(23)18(24)11-14)21(29)20(30)26-16-6-4-15(25)5-7-16/h3,8,11,15-16,21H,4-7,9-10,25H2,1-2H3,(H,26,30). The Balaban J connectivity index is 1.69. The number of benzene rings is 1. The Morgan fingerprint density at radius 1 is 1.11 bits per heavy atom. The van der Waals surface area contributed by atoms with Crippen molar-refractivity contribution in [2.45, 2.75) is 62.7 Å². The van der Waals surface area contributed by atoms with E-state index in [0.717, 1.165) is 17.1 Å². The fourth-order valence-corrected chi connectivity index (χ4v) is 6.78. The largest absolute Gasteiger partial charge is 0.360 e. The van der Waals surface area contributed by atoms with Crippen LogP contribution in [0.1, 0.15) is 47.5 Å². The lowest BCUT2D eigenvalue weighted by atomic mass is 9.92. The molecular weight excluding hydrogens is 517 g/mol. The van der Waals surface area contributed by atoms with Gasteiger partial charge in [-0.3, -0.25) is 9.59 Å². The predicted octanol–water partition coefficient (Wildman–Crippen LogP) is 2.46. The zero-order valence-corrected chi connectivity index (χ0v) is 21.7. The lowest BCUT2D eigenvalue weighted by molar-refractivity contribution is -0.128. The van der Waals surface area contributed by atoms with Crippen LogP contribution in [0.3, 0.4) is 0 Å². The molecule has 13 heteroatoms. The van der Waals surface area contributed by atoms with Gasteiger partial charge in [-0.15, -0.1) is 0 Å². The van der Waals surface area contributed by atoms with Gasteiger partial charge in [0.15, 0.2) is 11.9 Å². The van der Waals surface area contributed by atoms with Crippen molar-refractivity contribution in [2.75, 3.05) is 13.1 Å². The fraction of sp³-hybridized carbons (Fsp3) is 0.500. The molecule has 1 aromatic heterocycles. The first kappa shape index (κ1) is 25.9. The second-order valence-corrected chi connectivity index (χ2v) is 11.5. The van der Waals surface area contributed by atoms with Crippen LogP contribution in [0.4, 0.5) is 0 Å². The van der Waals surface area contributed by atoms with Crippen LogP contribution >= 0.6 is 23.2 Å². The minimum absolute atomic E-state index is 0.00924. The molecule has 1 saturated heterocycles. The summed E-state index contributed by atoms with van der Waals surface area (Å²) in [6.45, 7) is 2.93. The van der Waals surface area contributed by atoms with Crippen LogP contribution in [0.5, 0.6) is 0 Å². The van der Waals surface area contributed by atoms with Crippen molar-refractivity contribution in [2.24, 2.45) is 5.73 Å². The normalized spacial score (nSPS) is 23.5. The Morgan fingerprint density at radius 2 is 1.80 bits per heavy atom. The molecule has 0 radical (unpaired) electrons. The number of hydrogen-bond acceptors (Lipinski definition) is 7. The van der Waals surface area contributed by atoms with E-state index in [1.54, 1.807) is 0 Å². The molecule has 2 amide bonds. The zero-order chi connectivity index (χ0) is 25.5. The molecule has 4 rings (SSSR count). The number of aryl methyl sites for hydroxylation is 2. The lowest BCUT2D eigenvalue weighted by Gasteiger charge is -2.32. The summed E-state index contributed by atoms with van der Waals surface area (Å²) < 4.78 is 33.4. The van der Waals surface area contributed by atoms with Gasteiger partial charge in [0, 0.05) is 30.7 Å². The first-order chi connectivity index (χ1) is 16.5. The van der Waals surface area contributed by atoms with Gasteiger partial charge in [0.25, 0.3) is 21.8 Å². The number of rotatable bonds is 5. The molecule has 3 N–H and O–H groups in total. The quantitative estimate of drug-likeness (QED) is 0.590. The molecule has 0 bridgehead atoms. The monoisotopic (exact) mass is 543 g/mol. The van der Waals surface area contributed by atoms with E-state index < -0.39 is 28.0 Å². The highest BCUT2D eigenvalue weighted by Crippen LogP contribution is 2.31. The molecular formula is C22H27Cl2N5O5S. The second kappa shape index (κ2) is 10.1. The summed E-state index contributed by atoms with van der Waals surface area (Å²) in [5.74, 6) is -1.00. The van der Waals surface area contributed by atoms with Crippen molar-refractivity contribution in [1.29, 1.82) is 0 Å². The number of amides is 2. The summed E-state index contributed by atoms with van der Waals surface area (Å²) in [5, 5.41) is 7.13. The van der Waals surface area contributed by atoms with Crippen LogP contribution in [-0.4, -0.2) is 65.9 Å². The molecule has 1 unspecified atom stereocenters. The molecule has 2 aliphatic rings. The Hall–Kier alpha value is -2.18. The van der Waals surface area contributed by atoms with Crippen LogP contribution in [-0.2, 0) is 14.8 Å². The molecule has 1 aliphatic heterocycles. The first-order valence-electron chi connectivity index (χ1n) is 11.3. The molecule has 2 fully saturated rings. The number of aromatic nitrogens is 1. The molecule has 190 valence electrons. The summed E-state index contributed by atoms with van der Waals surface area (Å²) in [6.07, 6.45) is 1.46. The van der Waals surface area contributed by atoms with Crippen LogP contribution in [0.25, 0.3) is 0 Å². The van der Waals surface area contributed by atoms with Gasteiger partial charge in [-0.05, 0) is 57.7 Å². The van der Waals surface area contributed by atoms with E-state index in [4.69, 9.17) is 33.5 Å². The molecule has 1 saturated carbocycles. The molecule has 0 spiro atoms. The van der Waals surface area contributed by atoms with E-state index in [2.05, 4.69) is 10.5 Å². The van der Waals surface area contributed by atoms with E-state index in [9.17, 15) is 18.0 Å². The van der Waals surface area contributed by atoms with E-state index in [0.29, 0.717) is 12.8 Å². The zero-order valence-electron chi connectivity index (χ0n) is 19.3. The third-order valence-corrected chi connectivity index (χ3v) is 9.28. The van der Waals surface area contributed by atoms with Crippen molar-refractivity contribution in [3.05, 3.63) is 45.3 Å². The topological polar surface area (TPSA) is 139 Å². The third-order valence-electron chi connectivity index (χ3n) is 6.44. The Kier molecular flexibility index (Phi) is 7.44. The summed E-state index contributed by atoms with van der Waals surface area (Å²) >= 11 is 12.1. The highest BCUT2D eigenvalue weighted by atomic mass is 35.5. The minimum atomic E-state index is -4.21. The maximum absolute atomic E-state index is 13.6. The van der Waals surface area contributed by atoms with Crippen molar-refractivity contribution < 1.29 is 22.5 Å². The lowest BCUT2D eigenvalue weighted by Crippen LogP contribution is -2.56. The SMILES string of the molecule is Cc1noc(C)c1S(=O)(=O)N1CCN(C(=O)c2ccc(Cl)c(Cl)c2)C1C(=O)NC1CCC(N)CC1. The van der Waals surface area contributed by atoms with E-state index >= 15 is 0 Å². The summed E-state index contributed by atoms with van der Waals surface area (Å²) in [7, 11) is -4.21. The minimum Gasteiger partial charge on any atom is -0.360 e. The van der Waals surface area contributed by atoms with Crippen LogP contribution in [0, 0.1) is 13.8 Å². The van der Waals surface area contributed by atoms with E-state index in [-0.39, 0.29) is 57.1 Å². The van der Waals surface area contributed by atoms with Crippen molar-refractivity contribution in [1.82, 2.24) is 19.7 Å². The van der Waals surface area contributed by atoms with Crippen LogP contribution in [0.2, 0.25) is 10.0 Å². The molecule has 1 atom stereocenters. The first-order valence-corrected chi connectivity index (χ1v) is 13.5. The average Bonchev–Trinajstić information content (AvgIpc) is 3.41. The maximum Gasteiger partial charge on any atom is 0.259 e. The number of hydrogen-bond donors (Lipinski definition) is 2. The number of nitrogens with zero attached hydrogens (tertiary/aromatic N) is 3. The van der Waals surface area contributed by atoms with Gasteiger partial charge in [0.2, 0.25) is 0 Å². The number of sulfonamides is 1. The van der Waals surface area contributed by atoms with Gasteiger partial charge >= 0.3 is 0 Å². The molecule has 2 aromatic rings. The number of carbonyl (C=O) groups excluding carboxylic acids is 2. The Bertz CT molecular complexity index is 1220. The number of carbonyl (C=O) groups is 2. The smallest absolute Gasteiger partial charge is 0.259 e. The Morgan fingerprint density at radius 3 is 2.40 bits per heavy atom. The van der Waals surface area contributed by atoms with Gasteiger partial charge in [0.1, 0.15) is 10.6 Å². The number of halogens is 2. The highest BCUT2D eigenvalue weighted by Gasteiger charge is 2.48. The average molecular weight is 544 g/mol. The summed E-state index contributed by atoms with van der Waals surface area (Å²) in [4.78, 5) is 28.1. The van der Waals surface area contributed by atoms with Gasteiger partial charge in [-0.25, -0.2) is 8.42 Å². The van der Waals surface area contributed by atoms with E-state index in [1.165, 1.54) is 36.9 Å². The second-order valence-electron chi connectivity index (χ2n) is 8.89. The number of nitrogens with two attached hydrogens (primary N) is 1. The highest BCUT2D eigenvalue weighted by molar-refractivity contribution is 7.89. The van der Waals surface area contributed by atoms with Crippen LogP contribution < -0.4 is 11.1 Å². The van der Waals surface area contributed by atoms with Gasteiger partial charge in [0.05, 0.1) is 10.0 Å². The van der Waals surface area contributed by atoms with Crippen molar-refractivity contribution in [3.8, 4) is 0 Å². The van der Waals surface area contributed by atoms with E-state index in [1.807, 2.05) is 0 Å². The van der Waals surface area contributed by atoms with Crippen molar-refractivity contribution >= 4 is 45.0 Å². The van der Waals surface area contributed by atoms with Gasteiger partial charge in [-0.1, -0.05) is 28.4 Å². The van der Waals surface area contributed by atoms with Gasteiger partial charge in [-0.2, -0.15) is 4.31 Å². The summed E-state index contributed by atoms with van der Waals surface area (Å²) in [5.41, 5.74) is 6.34. The number of nitrogens with one attached hydrogen (secondary N) is 1. The molecule has 35 heavy (non-hydrogen) atoms.